The van der Waals surface area contributed by atoms with E-state index < -0.39 is 19.2 Å². The van der Waals surface area contributed by atoms with Crippen LogP contribution in [0.2, 0.25) is 0 Å². The second kappa shape index (κ2) is 8.27. The molecule has 2 unspecified atom stereocenters. The number of rotatable bonds is 8. The topological polar surface area (TPSA) is 83.8 Å². The molecule has 5 nitrogen and oxygen atoms in total. The molecule has 0 saturated heterocycles. The fraction of sp³-hybridized carbons (Fsp3) is 0.227. The molecule has 3 rings (SSSR count). The zero-order valence-corrected chi connectivity index (χ0v) is 16.5. The molecule has 0 bridgehead atoms. The van der Waals surface area contributed by atoms with E-state index in [-0.39, 0.29) is 12.6 Å². The quantitative estimate of drug-likeness (QED) is 0.502. The second-order valence-corrected chi connectivity index (χ2v) is 8.56. The van der Waals surface area contributed by atoms with Crippen molar-refractivity contribution < 1.29 is 23.9 Å². The highest BCUT2D eigenvalue weighted by atomic mass is 31.2. The first-order valence-electron chi connectivity index (χ1n) is 9.16. The zero-order valence-electron chi connectivity index (χ0n) is 15.6. The highest BCUT2D eigenvalue weighted by Crippen LogP contribution is 2.54. The predicted molar refractivity (Wildman–Crippen MR) is 109 cm³/mol. The first-order valence-corrected chi connectivity index (χ1v) is 10.9. The molecule has 2 N–H and O–H groups in total. The Morgan fingerprint density at radius 3 is 2.32 bits per heavy atom. The molecular weight excluding hydrogens is 375 g/mol. The van der Waals surface area contributed by atoms with Gasteiger partial charge in [-0.05, 0) is 22.8 Å². The summed E-state index contributed by atoms with van der Waals surface area (Å²) in [6.45, 7) is 1.83. The van der Waals surface area contributed by atoms with Gasteiger partial charge in [-0.15, -0.1) is 0 Å². The number of hydrogen-bond donors (Lipinski definition) is 2. The van der Waals surface area contributed by atoms with Gasteiger partial charge in [0.05, 0.1) is 6.16 Å². The van der Waals surface area contributed by atoms with Crippen molar-refractivity contribution in [3.8, 4) is 0 Å². The number of carbonyl (C=O) groups is 1. The number of aliphatic carboxylic acids is 1. The molecular formula is C22H23O5P. The van der Waals surface area contributed by atoms with Crippen LogP contribution in [0, 0.1) is 0 Å². The van der Waals surface area contributed by atoms with Gasteiger partial charge in [-0.25, -0.2) is 4.79 Å². The normalized spacial score (nSPS) is 15.6. The molecule has 0 amide bonds. The summed E-state index contributed by atoms with van der Waals surface area (Å²) in [6, 6.07) is 21.4. The van der Waals surface area contributed by atoms with Crippen molar-refractivity contribution in [1.29, 1.82) is 0 Å². The highest BCUT2D eigenvalue weighted by molar-refractivity contribution is 7.52. The van der Waals surface area contributed by atoms with Gasteiger partial charge in [-0.3, -0.25) is 9.09 Å². The molecule has 2 atom stereocenters. The Morgan fingerprint density at radius 2 is 1.64 bits per heavy atom. The van der Waals surface area contributed by atoms with Gasteiger partial charge < -0.3 is 10.00 Å². The summed E-state index contributed by atoms with van der Waals surface area (Å²) in [5.41, 5.74) is -0.904. The van der Waals surface area contributed by atoms with Crippen LogP contribution in [0.15, 0.2) is 72.8 Å². The second-order valence-electron chi connectivity index (χ2n) is 6.78. The molecule has 0 spiro atoms. The summed E-state index contributed by atoms with van der Waals surface area (Å²) in [6.07, 6.45) is 0.299. The molecule has 3 aromatic carbocycles. The Hall–Kier alpha value is -2.46. The summed E-state index contributed by atoms with van der Waals surface area (Å²) in [5.74, 6) is -1.27. The highest BCUT2D eigenvalue weighted by Gasteiger charge is 2.47. The lowest BCUT2D eigenvalue weighted by Gasteiger charge is -2.32. The standard InChI is InChI=1S/C22H23O5P/c1-2-15-22(21(23)24,20-14-8-12-18-11-6-7-13-19(18)20)27-28(25,26)16-17-9-4-3-5-10-17/h3-14H,2,15-16H2,1H3,(H,23,24)(H,25,26). The largest absolute Gasteiger partial charge is 0.479 e. The molecule has 0 aromatic heterocycles. The van der Waals surface area contributed by atoms with Crippen molar-refractivity contribution >= 4 is 24.3 Å². The van der Waals surface area contributed by atoms with Crippen molar-refractivity contribution in [3.63, 3.8) is 0 Å². The van der Waals surface area contributed by atoms with Crippen LogP contribution in [-0.2, 0) is 25.6 Å². The Labute approximate surface area is 164 Å². The first-order chi connectivity index (χ1) is 13.4. The molecule has 0 heterocycles. The number of carboxylic acid groups (broad SMARTS) is 1. The minimum atomic E-state index is -4.24. The lowest BCUT2D eigenvalue weighted by Crippen LogP contribution is -2.38. The summed E-state index contributed by atoms with van der Waals surface area (Å²) < 4.78 is 18.6. The fourth-order valence-corrected chi connectivity index (χ4v) is 5.00. The van der Waals surface area contributed by atoms with Gasteiger partial charge >= 0.3 is 13.6 Å². The third kappa shape index (κ3) is 4.17. The maximum absolute atomic E-state index is 13.0. The number of hydrogen-bond acceptors (Lipinski definition) is 3. The third-order valence-corrected chi connectivity index (χ3v) is 6.06. The molecule has 0 aliphatic heterocycles. The maximum atomic E-state index is 13.0. The average Bonchev–Trinajstić information content (AvgIpc) is 2.67. The van der Waals surface area contributed by atoms with Crippen molar-refractivity contribution in [1.82, 2.24) is 0 Å². The third-order valence-electron chi connectivity index (χ3n) is 4.70. The Morgan fingerprint density at radius 1 is 1.00 bits per heavy atom. The molecule has 3 aromatic rings. The van der Waals surface area contributed by atoms with Crippen LogP contribution in [0.1, 0.15) is 30.9 Å². The smallest absolute Gasteiger partial charge is 0.341 e. The maximum Gasteiger partial charge on any atom is 0.341 e. The summed E-state index contributed by atoms with van der Waals surface area (Å²) >= 11 is 0. The van der Waals surface area contributed by atoms with Crippen LogP contribution in [0.3, 0.4) is 0 Å². The van der Waals surface area contributed by atoms with Crippen molar-refractivity contribution in [3.05, 3.63) is 83.9 Å². The van der Waals surface area contributed by atoms with Gasteiger partial charge in [0.2, 0.25) is 0 Å². The van der Waals surface area contributed by atoms with Crippen molar-refractivity contribution in [2.75, 3.05) is 0 Å². The van der Waals surface area contributed by atoms with Crippen LogP contribution in [0.25, 0.3) is 10.8 Å². The van der Waals surface area contributed by atoms with E-state index in [2.05, 4.69) is 0 Å². The Kier molecular flexibility index (Phi) is 5.99. The van der Waals surface area contributed by atoms with Crippen LogP contribution >= 0.6 is 7.60 Å². The molecule has 28 heavy (non-hydrogen) atoms. The van der Waals surface area contributed by atoms with E-state index in [0.717, 1.165) is 5.39 Å². The molecule has 0 fully saturated rings. The van der Waals surface area contributed by atoms with Gasteiger partial charge in [-0.2, -0.15) is 0 Å². The van der Waals surface area contributed by atoms with Crippen LogP contribution in [0.5, 0.6) is 0 Å². The number of fused-ring (bicyclic) bond motifs is 1. The van der Waals surface area contributed by atoms with Crippen LogP contribution < -0.4 is 0 Å². The van der Waals surface area contributed by atoms with Crippen molar-refractivity contribution in [2.24, 2.45) is 0 Å². The van der Waals surface area contributed by atoms with Gasteiger partial charge in [-0.1, -0.05) is 86.1 Å². The summed E-state index contributed by atoms with van der Waals surface area (Å²) in [7, 11) is -4.24. The van der Waals surface area contributed by atoms with Gasteiger partial charge in [0.25, 0.3) is 0 Å². The molecule has 146 valence electrons. The Bertz CT molecular complexity index is 1010. The van der Waals surface area contributed by atoms with Crippen LogP contribution in [-0.4, -0.2) is 16.0 Å². The molecule has 0 aliphatic rings. The first kappa shape index (κ1) is 20.3. The van der Waals surface area contributed by atoms with Gasteiger partial charge in [0.15, 0.2) is 5.60 Å². The summed E-state index contributed by atoms with van der Waals surface area (Å²) in [4.78, 5) is 23.0. The van der Waals surface area contributed by atoms with Gasteiger partial charge in [0.1, 0.15) is 0 Å². The number of benzene rings is 3. The molecule has 0 radical (unpaired) electrons. The van der Waals surface area contributed by atoms with Gasteiger partial charge in [0, 0.05) is 5.56 Å². The van der Waals surface area contributed by atoms with E-state index in [9.17, 15) is 19.4 Å². The predicted octanol–water partition coefficient (Wildman–Crippen LogP) is 5.32. The Balaban J connectivity index is 2.10. The van der Waals surface area contributed by atoms with E-state index in [4.69, 9.17) is 4.52 Å². The van der Waals surface area contributed by atoms with E-state index in [0.29, 0.717) is 22.9 Å². The van der Waals surface area contributed by atoms with E-state index in [1.165, 1.54) is 0 Å². The molecule has 0 saturated carbocycles. The minimum Gasteiger partial charge on any atom is -0.479 e. The fourth-order valence-electron chi connectivity index (χ4n) is 3.51. The minimum absolute atomic E-state index is 0.0790. The van der Waals surface area contributed by atoms with E-state index in [1.54, 1.807) is 48.5 Å². The number of carboxylic acids is 1. The average molecular weight is 398 g/mol. The zero-order chi connectivity index (χ0) is 20.2. The van der Waals surface area contributed by atoms with Crippen LogP contribution in [0.4, 0.5) is 0 Å². The van der Waals surface area contributed by atoms with E-state index >= 15 is 0 Å². The molecule has 0 aliphatic carbocycles. The molecule has 6 heteroatoms. The lowest BCUT2D eigenvalue weighted by molar-refractivity contribution is -0.157. The SMILES string of the molecule is CCCC(OP(=O)(O)Cc1ccccc1)(C(=O)O)c1cccc2ccccc12. The van der Waals surface area contributed by atoms with E-state index in [1.807, 2.05) is 31.2 Å². The van der Waals surface area contributed by atoms with Crippen molar-refractivity contribution in [2.45, 2.75) is 31.5 Å². The summed E-state index contributed by atoms with van der Waals surface area (Å²) in [5, 5.41) is 11.7. The monoisotopic (exact) mass is 398 g/mol. The lowest BCUT2D eigenvalue weighted by atomic mass is 9.86.